The van der Waals surface area contributed by atoms with Crippen LogP contribution < -0.4 is 10.1 Å². The number of amides is 1. The molecule has 0 spiro atoms. The first kappa shape index (κ1) is 16.5. The fourth-order valence-electron chi connectivity index (χ4n) is 2.91. The smallest absolute Gasteiger partial charge is 0.243 e. The monoisotopic (exact) mass is 328 g/mol. The maximum absolute atomic E-state index is 12.1. The Bertz CT molecular complexity index is 634. The molecule has 1 N–H and O–H groups in total. The van der Waals surface area contributed by atoms with Crippen LogP contribution in [0.5, 0.6) is 5.88 Å². The van der Waals surface area contributed by atoms with Crippen LogP contribution in [0.4, 0.5) is 0 Å². The fraction of sp³-hybridized carbons (Fsp3) is 0.500. The topological polar surface area (TPSA) is 69.0 Å². The number of hydrogen-bond donors (Lipinski definition) is 1. The Labute approximate surface area is 142 Å². The predicted molar refractivity (Wildman–Crippen MR) is 90.5 cm³/mol. The Kier molecular flexibility index (Phi) is 5.46. The van der Waals surface area contributed by atoms with Gasteiger partial charge in [-0.25, -0.2) is 9.97 Å². The first-order chi connectivity index (χ1) is 11.7. The summed E-state index contributed by atoms with van der Waals surface area (Å²) in [6, 6.07) is 3.55. The second-order valence-electron chi connectivity index (χ2n) is 6.29. The van der Waals surface area contributed by atoms with E-state index in [2.05, 4.69) is 15.3 Å². The highest BCUT2D eigenvalue weighted by Gasteiger charge is 2.16. The molecule has 1 atom stereocenters. The van der Waals surface area contributed by atoms with Crippen LogP contribution >= 0.6 is 0 Å². The predicted octanol–water partition coefficient (Wildman–Crippen LogP) is 2.87. The molecule has 2 aromatic heterocycles. The summed E-state index contributed by atoms with van der Waals surface area (Å²) in [5.41, 5.74) is 0.956. The molecule has 1 fully saturated rings. The molecule has 24 heavy (non-hydrogen) atoms. The minimum absolute atomic E-state index is 0.0458. The maximum Gasteiger partial charge on any atom is 0.243 e. The van der Waals surface area contributed by atoms with E-state index in [1.165, 1.54) is 19.3 Å². The number of aromatic nitrogens is 3. The van der Waals surface area contributed by atoms with Gasteiger partial charge in [-0.05, 0) is 38.2 Å². The van der Waals surface area contributed by atoms with Crippen LogP contribution in [-0.2, 0) is 11.3 Å². The molecule has 6 nitrogen and oxygen atoms in total. The van der Waals surface area contributed by atoms with Crippen LogP contribution in [0.25, 0.3) is 0 Å². The van der Waals surface area contributed by atoms with Gasteiger partial charge in [0.1, 0.15) is 12.1 Å². The molecular formula is C18H24N4O2. The van der Waals surface area contributed by atoms with Gasteiger partial charge >= 0.3 is 0 Å². The molecule has 3 rings (SSSR count). The van der Waals surface area contributed by atoms with Crippen LogP contribution in [0.15, 0.2) is 37.1 Å². The normalized spacial score (nSPS) is 16.5. The summed E-state index contributed by atoms with van der Waals surface area (Å²) < 4.78 is 7.69. The summed E-state index contributed by atoms with van der Waals surface area (Å²) in [7, 11) is 0. The summed E-state index contributed by atoms with van der Waals surface area (Å²) in [4.78, 5) is 20.5. The van der Waals surface area contributed by atoms with Gasteiger partial charge in [0.25, 0.3) is 0 Å². The van der Waals surface area contributed by atoms with Gasteiger partial charge < -0.3 is 14.6 Å². The lowest BCUT2D eigenvalue weighted by Crippen LogP contribution is -2.30. The van der Waals surface area contributed by atoms with Gasteiger partial charge in [0.2, 0.25) is 11.8 Å². The first-order valence-electron chi connectivity index (χ1n) is 8.59. The van der Waals surface area contributed by atoms with Gasteiger partial charge in [0.05, 0.1) is 6.33 Å². The molecule has 0 saturated heterocycles. The standard InChI is InChI=1S/C18H24N4O2/c1-14(22-10-9-19-13-22)18(23)21-12-15-7-8-17(20-11-15)24-16-5-3-2-4-6-16/h7-11,13-14,16H,2-6,12H2,1H3,(H,21,23). The molecular weight excluding hydrogens is 304 g/mol. The van der Waals surface area contributed by atoms with Gasteiger partial charge in [0.15, 0.2) is 0 Å². The summed E-state index contributed by atoms with van der Waals surface area (Å²) in [6.07, 6.45) is 13.2. The van der Waals surface area contributed by atoms with Crippen LogP contribution in [0.2, 0.25) is 0 Å². The number of pyridine rings is 1. The van der Waals surface area contributed by atoms with E-state index in [1.807, 2.05) is 19.1 Å². The lowest BCUT2D eigenvalue weighted by molar-refractivity contribution is -0.124. The Hall–Kier alpha value is -2.37. The molecule has 0 aliphatic heterocycles. The van der Waals surface area contributed by atoms with Crippen molar-refractivity contribution in [2.75, 3.05) is 0 Å². The van der Waals surface area contributed by atoms with E-state index in [1.54, 1.807) is 29.5 Å². The second kappa shape index (κ2) is 7.95. The molecule has 2 heterocycles. The number of nitrogens with one attached hydrogen (secondary N) is 1. The van der Waals surface area contributed by atoms with Crippen molar-refractivity contribution in [3.05, 3.63) is 42.6 Å². The quantitative estimate of drug-likeness (QED) is 0.885. The third-order valence-corrected chi connectivity index (χ3v) is 4.46. The number of rotatable bonds is 6. The highest BCUT2D eigenvalue weighted by Crippen LogP contribution is 2.22. The van der Waals surface area contributed by atoms with Gasteiger partial charge in [-0.15, -0.1) is 0 Å². The van der Waals surface area contributed by atoms with Crippen molar-refractivity contribution in [3.8, 4) is 5.88 Å². The van der Waals surface area contributed by atoms with Crippen molar-refractivity contribution in [2.24, 2.45) is 0 Å². The van der Waals surface area contributed by atoms with Crippen molar-refractivity contribution in [1.82, 2.24) is 19.9 Å². The summed E-state index contributed by atoms with van der Waals surface area (Å²) in [5, 5.41) is 2.92. The number of hydrogen-bond acceptors (Lipinski definition) is 4. The van der Waals surface area contributed by atoms with Crippen LogP contribution in [0.3, 0.4) is 0 Å². The molecule has 0 radical (unpaired) electrons. The zero-order chi connectivity index (χ0) is 16.8. The molecule has 0 aromatic carbocycles. The van der Waals surface area contributed by atoms with E-state index in [4.69, 9.17) is 4.74 Å². The highest BCUT2D eigenvalue weighted by atomic mass is 16.5. The minimum atomic E-state index is -0.283. The summed E-state index contributed by atoms with van der Waals surface area (Å²) >= 11 is 0. The molecule has 1 aliphatic rings. The summed E-state index contributed by atoms with van der Waals surface area (Å²) in [5.74, 6) is 0.624. The number of carbonyl (C=O) groups excluding carboxylic acids is 1. The zero-order valence-corrected chi connectivity index (χ0v) is 14.0. The van der Waals surface area contributed by atoms with Gasteiger partial charge in [-0.2, -0.15) is 0 Å². The second-order valence-corrected chi connectivity index (χ2v) is 6.29. The average Bonchev–Trinajstić information content (AvgIpc) is 3.16. The fourth-order valence-corrected chi connectivity index (χ4v) is 2.91. The third-order valence-electron chi connectivity index (χ3n) is 4.46. The molecule has 2 aromatic rings. The van der Waals surface area contributed by atoms with E-state index >= 15 is 0 Å². The van der Waals surface area contributed by atoms with Crippen LogP contribution in [-0.4, -0.2) is 26.5 Å². The Morgan fingerprint density at radius 2 is 2.21 bits per heavy atom. The molecule has 1 saturated carbocycles. The Morgan fingerprint density at radius 3 is 2.88 bits per heavy atom. The van der Waals surface area contributed by atoms with Crippen LogP contribution in [0, 0.1) is 0 Å². The zero-order valence-electron chi connectivity index (χ0n) is 14.0. The van der Waals surface area contributed by atoms with Crippen molar-refractivity contribution < 1.29 is 9.53 Å². The first-order valence-corrected chi connectivity index (χ1v) is 8.59. The van der Waals surface area contributed by atoms with Crippen molar-refractivity contribution in [1.29, 1.82) is 0 Å². The number of nitrogens with zero attached hydrogens (tertiary/aromatic N) is 3. The van der Waals surface area contributed by atoms with Crippen molar-refractivity contribution >= 4 is 5.91 Å². The largest absolute Gasteiger partial charge is 0.474 e. The number of imidazole rings is 1. The van der Waals surface area contributed by atoms with Gasteiger partial charge in [-0.3, -0.25) is 4.79 Å². The number of carbonyl (C=O) groups is 1. The van der Waals surface area contributed by atoms with Crippen molar-refractivity contribution in [3.63, 3.8) is 0 Å². The van der Waals surface area contributed by atoms with Gasteiger partial charge in [0, 0.05) is 31.2 Å². The molecule has 1 amide bonds. The molecule has 1 aliphatic carbocycles. The van der Waals surface area contributed by atoms with E-state index in [-0.39, 0.29) is 11.9 Å². The average molecular weight is 328 g/mol. The van der Waals surface area contributed by atoms with Gasteiger partial charge in [-0.1, -0.05) is 12.5 Å². The van der Waals surface area contributed by atoms with E-state index < -0.39 is 0 Å². The van der Waals surface area contributed by atoms with E-state index in [9.17, 15) is 4.79 Å². The minimum Gasteiger partial charge on any atom is -0.474 e. The number of ether oxygens (including phenoxy) is 1. The lowest BCUT2D eigenvalue weighted by Gasteiger charge is -2.22. The maximum atomic E-state index is 12.1. The molecule has 1 unspecified atom stereocenters. The molecule has 128 valence electrons. The summed E-state index contributed by atoms with van der Waals surface area (Å²) in [6.45, 7) is 2.30. The van der Waals surface area contributed by atoms with E-state index in [0.29, 0.717) is 18.5 Å². The van der Waals surface area contributed by atoms with Crippen LogP contribution in [0.1, 0.15) is 50.6 Å². The SMILES string of the molecule is CC(C(=O)NCc1ccc(OC2CCCCC2)nc1)n1ccnc1. The molecule has 0 bridgehead atoms. The Balaban J connectivity index is 1.48. The Morgan fingerprint density at radius 1 is 1.38 bits per heavy atom. The highest BCUT2D eigenvalue weighted by molar-refractivity contribution is 5.79. The van der Waals surface area contributed by atoms with Crippen molar-refractivity contribution in [2.45, 2.75) is 57.7 Å². The third kappa shape index (κ3) is 4.34. The van der Waals surface area contributed by atoms with E-state index in [0.717, 1.165) is 18.4 Å². The lowest BCUT2D eigenvalue weighted by atomic mass is 9.98. The molecule has 6 heteroatoms.